The van der Waals surface area contributed by atoms with E-state index in [2.05, 4.69) is 26.7 Å². The first-order valence-corrected chi connectivity index (χ1v) is 15.2. The predicted octanol–water partition coefficient (Wildman–Crippen LogP) is -1.64. The molecule has 0 saturated carbocycles. The molecule has 0 amide bonds. The van der Waals surface area contributed by atoms with Crippen LogP contribution in [0.2, 0.25) is 0 Å². The number of aliphatic hydroxyl groups is 8. The number of hydrogen-bond donors (Lipinski definition) is 8. The molecule has 0 rings (SSSR count). The highest BCUT2D eigenvalue weighted by Gasteiger charge is 2.30. The molecule has 0 radical (unpaired) electrons. The highest BCUT2D eigenvalue weighted by atomic mass is 16.6. The van der Waals surface area contributed by atoms with Crippen LogP contribution in [-0.4, -0.2) is 168 Å². The Bertz CT molecular complexity index is 669. The zero-order valence-electron chi connectivity index (χ0n) is 26.3. The maximum atomic E-state index is 10.4. The largest absolute Gasteiger partial charge is 0.396 e. The van der Waals surface area contributed by atoms with E-state index in [1.54, 1.807) is 0 Å². The van der Waals surface area contributed by atoms with Crippen LogP contribution < -0.4 is 0 Å². The molecule has 0 aliphatic carbocycles. The Labute approximate surface area is 257 Å². The summed E-state index contributed by atoms with van der Waals surface area (Å²) in [6.07, 6.45) is -1.42. The van der Waals surface area contributed by atoms with E-state index >= 15 is 0 Å². The number of aliphatic hydroxyl groups excluding tert-OH is 8. The van der Waals surface area contributed by atoms with Crippen molar-refractivity contribution < 1.29 is 59.8 Å². The Morgan fingerprint density at radius 2 is 1.02 bits per heavy atom. The van der Waals surface area contributed by atoms with Crippen LogP contribution in [0.15, 0.2) is 0 Å². The number of nitrogens with zero attached hydrogens (tertiary/aromatic N) is 1. The van der Waals surface area contributed by atoms with E-state index in [0.717, 1.165) is 12.8 Å². The van der Waals surface area contributed by atoms with Crippen LogP contribution in [0.4, 0.5) is 0 Å². The van der Waals surface area contributed by atoms with Crippen molar-refractivity contribution in [1.82, 2.24) is 4.90 Å². The number of rotatable bonds is 29. The van der Waals surface area contributed by atoms with E-state index in [4.69, 9.17) is 35.6 Å². The van der Waals surface area contributed by atoms with Crippen LogP contribution >= 0.6 is 0 Å². The van der Waals surface area contributed by atoms with Crippen LogP contribution in [0, 0.1) is 23.7 Å². The molecule has 0 fully saturated rings. The molecule has 0 aliphatic heterocycles. The zero-order valence-corrected chi connectivity index (χ0v) is 26.3. The third kappa shape index (κ3) is 21.4. The molecule has 0 spiro atoms. The normalized spacial score (nSPS) is 17.3. The highest BCUT2D eigenvalue weighted by molar-refractivity contribution is 5.00. The van der Waals surface area contributed by atoms with Gasteiger partial charge >= 0.3 is 0 Å². The average Bonchev–Trinajstić information content (AvgIpc) is 2.96. The maximum Gasteiger partial charge on any atom is 0.107 e. The van der Waals surface area contributed by atoms with Crippen LogP contribution in [0.1, 0.15) is 46.5 Å². The first-order chi connectivity index (χ1) is 20.4. The van der Waals surface area contributed by atoms with E-state index in [1.807, 2.05) is 0 Å². The van der Waals surface area contributed by atoms with Gasteiger partial charge in [-0.05, 0) is 45.4 Å². The second kappa shape index (κ2) is 25.3. The van der Waals surface area contributed by atoms with Gasteiger partial charge in [-0.2, -0.15) is 0 Å². The molecule has 0 aromatic heterocycles. The van der Waals surface area contributed by atoms with E-state index < -0.39 is 36.6 Å². The zero-order chi connectivity index (χ0) is 32.7. The van der Waals surface area contributed by atoms with Crippen LogP contribution in [-0.2, 0) is 18.9 Å². The smallest absolute Gasteiger partial charge is 0.107 e. The second-order valence-electron chi connectivity index (χ2n) is 11.6. The minimum absolute atomic E-state index is 0.102. The molecule has 7 unspecified atom stereocenters. The minimum Gasteiger partial charge on any atom is -0.396 e. The van der Waals surface area contributed by atoms with Crippen molar-refractivity contribution in [3.63, 3.8) is 0 Å². The topological polar surface area (TPSA) is 202 Å². The molecule has 0 heterocycles. The number of ether oxygens (including phenoxy) is 4. The van der Waals surface area contributed by atoms with Crippen molar-refractivity contribution in [3.8, 4) is 12.3 Å². The summed E-state index contributed by atoms with van der Waals surface area (Å²) >= 11 is 0. The molecule has 0 aromatic rings. The van der Waals surface area contributed by atoms with Crippen LogP contribution in [0.3, 0.4) is 0 Å². The molecule has 43 heavy (non-hydrogen) atoms. The van der Waals surface area contributed by atoms with Gasteiger partial charge in [-0.25, -0.2) is 0 Å². The molecular weight excluding hydrogens is 566 g/mol. The SMILES string of the molecule is C#CC(C)(C)CC(C)CCOCCOCCOCCOCCN(CC(O)C(O)C(O)CCO)CC(O)C(O)C(O)CCO. The molecule has 7 atom stereocenters. The molecular formula is C30H59NO12. The molecule has 0 saturated heterocycles. The Hall–Kier alpha value is -0.960. The fourth-order valence-corrected chi connectivity index (χ4v) is 4.39. The molecule has 0 bridgehead atoms. The summed E-state index contributed by atoms with van der Waals surface area (Å²) in [6.45, 7) is 8.55. The first kappa shape index (κ1) is 42.0. The lowest BCUT2D eigenvalue weighted by molar-refractivity contribution is -0.0945. The van der Waals surface area contributed by atoms with Gasteiger partial charge < -0.3 is 59.8 Å². The molecule has 13 heteroatoms. The monoisotopic (exact) mass is 625 g/mol. The van der Waals surface area contributed by atoms with Gasteiger partial charge in [0.05, 0.1) is 70.7 Å². The van der Waals surface area contributed by atoms with Crippen molar-refractivity contribution in [1.29, 1.82) is 0 Å². The van der Waals surface area contributed by atoms with Gasteiger partial charge in [0.1, 0.15) is 12.2 Å². The van der Waals surface area contributed by atoms with E-state index in [1.165, 1.54) is 4.90 Å². The summed E-state index contributed by atoms with van der Waals surface area (Å²) in [6, 6.07) is 0. The van der Waals surface area contributed by atoms with E-state index in [9.17, 15) is 30.6 Å². The highest BCUT2D eigenvalue weighted by Crippen LogP contribution is 2.25. The van der Waals surface area contributed by atoms with Gasteiger partial charge in [0.2, 0.25) is 0 Å². The second-order valence-corrected chi connectivity index (χ2v) is 11.6. The Kier molecular flexibility index (Phi) is 24.7. The van der Waals surface area contributed by atoms with Gasteiger partial charge in [0.15, 0.2) is 0 Å². The molecule has 8 N–H and O–H groups in total. The van der Waals surface area contributed by atoms with Crippen molar-refractivity contribution in [3.05, 3.63) is 0 Å². The van der Waals surface area contributed by atoms with Crippen molar-refractivity contribution in [2.24, 2.45) is 11.3 Å². The summed E-state index contributed by atoms with van der Waals surface area (Å²) in [5.41, 5.74) is -0.102. The fourth-order valence-electron chi connectivity index (χ4n) is 4.39. The van der Waals surface area contributed by atoms with Crippen LogP contribution in [0.5, 0.6) is 0 Å². The first-order valence-electron chi connectivity index (χ1n) is 15.2. The average molecular weight is 626 g/mol. The fraction of sp³-hybridized carbons (Fsp3) is 0.933. The third-order valence-electron chi connectivity index (χ3n) is 6.99. The minimum atomic E-state index is -1.54. The Morgan fingerprint density at radius 3 is 1.42 bits per heavy atom. The lowest BCUT2D eigenvalue weighted by atomic mass is 9.83. The quantitative estimate of drug-likeness (QED) is 0.0348. The van der Waals surface area contributed by atoms with Crippen molar-refractivity contribution >= 4 is 0 Å². The molecule has 256 valence electrons. The van der Waals surface area contributed by atoms with Gasteiger partial charge in [0, 0.05) is 44.9 Å². The number of terminal acetylenes is 1. The van der Waals surface area contributed by atoms with Gasteiger partial charge in [-0.15, -0.1) is 12.3 Å². The lowest BCUT2D eigenvalue weighted by Crippen LogP contribution is -2.50. The van der Waals surface area contributed by atoms with E-state index in [0.29, 0.717) is 45.6 Å². The maximum absolute atomic E-state index is 10.4. The summed E-state index contributed by atoms with van der Waals surface area (Å²) in [4.78, 5) is 1.51. The summed E-state index contributed by atoms with van der Waals surface area (Å²) in [5.74, 6) is 3.30. The van der Waals surface area contributed by atoms with Crippen LogP contribution in [0.25, 0.3) is 0 Å². The molecule has 0 aromatic carbocycles. The molecule has 13 nitrogen and oxygen atoms in total. The van der Waals surface area contributed by atoms with Gasteiger partial charge in [-0.1, -0.05) is 6.92 Å². The van der Waals surface area contributed by atoms with Crippen molar-refractivity contribution in [2.75, 3.05) is 85.7 Å². The summed E-state index contributed by atoms with van der Waals surface area (Å²) in [7, 11) is 0. The van der Waals surface area contributed by atoms with Crippen molar-refractivity contribution in [2.45, 2.75) is 83.1 Å². The Balaban J connectivity index is 4.23. The standard InChI is InChI=1S/C30H59NO12/c1-5-30(3,4)20-23(2)8-12-40-14-16-42-18-19-43-17-15-41-13-9-31(21-26(36)28(38)24(34)6-10-32)22-27(37)29(39)25(35)7-11-33/h1,23-29,32-39H,6-22H2,2-4H3. The summed E-state index contributed by atoms with van der Waals surface area (Å²) < 4.78 is 22.2. The molecule has 0 aliphatic rings. The van der Waals surface area contributed by atoms with E-state index in [-0.39, 0.29) is 64.3 Å². The Morgan fingerprint density at radius 1 is 0.628 bits per heavy atom. The third-order valence-corrected chi connectivity index (χ3v) is 6.99. The summed E-state index contributed by atoms with van der Waals surface area (Å²) in [5, 5.41) is 78.6. The van der Waals surface area contributed by atoms with Gasteiger partial charge in [0.25, 0.3) is 0 Å². The van der Waals surface area contributed by atoms with Gasteiger partial charge in [-0.3, -0.25) is 4.90 Å². The predicted molar refractivity (Wildman–Crippen MR) is 160 cm³/mol. The lowest BCUT2D eigenvalue weighted by Gasteiger charge is -2.32. The number of hydrogen-bond acceptors (Lipinski definition) is 13.